The van der Waals surface area contributed by atoms with E-state index in [2.05, 4.69) is 23.5 Å². The average Bonchev–Trinajstić information content (AvgIpc) is 2.61. The molecule has 3 aromatic carbocycles. The molecule has 0 unspecified atom stereocenters. The van der Waals surface area contributed by atoms with Crippen molar-refractivity contribution in [2.24, 2.45) is 0 Å². The minimum absolute atomic E-state index is 0.295. The first-order valence-corrected chi connectivity index (χ1v) is 8.31. The van der Waals surface area contributed by atoms with Crippen molar-refractivity contribution in [3.8, 4) is 5.75 Å². The third kappa shape index (κ3) is 3.58. The van der Waals surface area contributed by atoms with E-state index in [1.807, 2.05) is 38.1 Å². The van der Waals surface area contributed by atoms with Gasteiger partial charge in [0.05, 0.1) is 12.2 Å². The van der Waals surface area contributed by atoms with E-state index >= 15 is 0 Å². The highest BCUT2D eigenvalue weighted by Gasteiger charge is 2.10. The fourth-order valence-corrected chi connectivity index (χ4v) is 2.97. The highest BCUT2D eigenvalue weighted by Crippen LogP contribution is 2.29. The molecular weight excluding hydrogens is 314 g/mol. The van der Waals surface area contributed by atoms with Crippen LogP contribution in [-0.2, 0) is 6.54 Å². The maximum absolute atomic E-state index is 11.1. The predicted octanol–water partition coefficient (Wildman–Crippen LogP) is 4.86. The van der Waals surface area contributed by atoms with Crippen LogP contribution < -0.4 is 10.1 Å². The average molecular weight is 335 g/mol. The van der Waals surface area contributed by atoms with E-state index < -0.39 is 5.97 Å². The molecule has 4 nitrogen and oxygen atoms in total. The maximum atomic E-state index is 11.1. The summed E-state index contributed by atoms with van der Waals surface area (Å²) in [5.74, 6) is -0.0455. The van der Waals surface area contributed by atoms with Crippen molar-refractivity contribution >= 4 is 22.4 Å². The van der Waals surface area contributed by atoms with E-state index in [1.165, 1.54) is 5.39 Å². The summed E-state index contributed by atoms with van der Waals surface area (Å²) in [5, 5.41) is 14.8. The van der Waals surface area contributed by atoms with E-state index in [9.17, 15) is 4.79 Å². The van der Waals surface area contributed by atoms with Crippen LogP contribution in [0.1, 0.15) is 28.4 Å². The Labute approximate surface area is 147 Å². The number of anilines is 1. The Kier molecular flexibility index (Phi) is 4.89. The number of carbonyl (C=O) groups is 1. The first-order chi connectivity index (χ1) is 12.1. The Bertz CT molecular complexity index is 918. The lowest BCUT2D eigenvalue weighted by Gasteiger charge is -2.16. The molecule has 0 amide bonds. The zero-order valence-electron chi connectivity index (χ0n) is 14.4. The summed E-state index contributed by atoms with van der Waals surface area (Å²) in [6.07, 6.45) is 0. The lowest BCUT2D eigenvalue weighted by Crippen LogP contribution is -2.06. The second-order valence-electron chi connectivity index (χ2n) is 5.88. The van der Waals surface area contributed by atoms with Gasteiger partial charge < -0.3 is 15.2 Å². The van der Waals surface area contributed by atoms with Crippen LogP contribution in [0.2, 0.25) is 0 Å². The van der Waals surface area contributed by atoms with Crippen molar-refractivity contribution in [1.82, 2.24) is 0 Å². The van der Waals surface area contributed by atoms with E-state index in [4.69, 9.17) is 9.84 Å². The van der Waals surface area contributed by atoms with Crippen molar-refractivity contribution in [3.05, 3.63) is 71.3 Å². The van der Waals surface area contributed by atoms with Gasteiger partial charge in [0.1, 0.15) is 5.75 Å². The second kappa shape index (κ2) is 7.26. The number of carboxylic acid groups (broad SMARTS) is 1. The van der Waals surface area contributed by atoms with Crippen molar-refractivity contribution in [1.29, 1.82) is 0 Å². The Morgan fingerprint density at radius 1 is 1.12 bits per heavy atom. The number of carboxylic acids is 1. The molecule has 0 aliphatic carbocycles. The molecule has 0 atom stereocenters. The Morgan fingerprint density at radius 2 is 1.92 bits per heavy atom. The van der Waals surface area contributed by atoms with Gasteiger partial charge in [-0.25, -0.2) is 4.79 Å². The van der Waals surface area contributed by atoms with Crippen LogP contribution in [0.25, 0.3) is 10.8 Å². The third-order valence-corrected chi connectivity index (χ3v) is 4.23. The summed E-state index contributed by atoms with van der Waals surface area (Å²) >= 11 is 0. The van der Waals surface area contributed by atoms with Gasteiger partial charge >= 0.3 is 5.97 Å². The molecule has 0 saturated heterocycles. The second-order valence-corrected chi connectivity index (χ2v) is 5.88. The lowest BCUT2D eigenvalue weighted by molar-refractivity contribution is 0.0697. The van der Waals surface area contributed by atoms with Gasteiger partial charge in [-0.05, 0) is 54.4 Å². The number of aryl methyl sites for hydroxylation is 1. The Balaban J connectivity index is 1.92. The number of nitrogens with one attached hydrogen (secondary N) is 1. The molecule has 0 radical (unpaired) electrons. The number of aromatic carboxylic acids is 1. The maximum Gasteiger partial charge on any atom is 0.335 e. The summed E-state index contributed by atoms with van der Waals surface area (Å²) in [7, 11) is 0. The zero-order valence-corrected chi connectivity index (χ0v) is 14.4. The van der Waals surface area contributed by atoms with Gasteiger partial charge in [-0.2, -0.15) is 0 Å². The van der Waals surface area contributed by atoms with E-state index in [0.29, 0.717) is 18.7 Å². The molecule has 4 heteroatoms. The molecule has 0 heterocycles. The summed E-state index contributed by atoms with van der Waals surface area (Å²) in [6, 6.07) is 17.4. The molecule has 3 rings (SSSR count). The Morgan fingerprint density at radius 3 is 2.64 bits per heavy atom. The number of hydrogen-bond donors (Lipinski definition) is 2. The minimum atomic E-state index is -0.915. The van der Waals surface area contributed by atoms with Crippen LogP contribution in [0, 0.1) is 6.92 Å². The van der Waals surface area contributed by atoms with Crippen LogP contribution >= 0.6 is 0 Å². The molecule has 0 aromatic heterocycles. The molecule has 0 aliphatic rings. The number of hydrogen-bond acceptors (Lipinski definition) is 3. The molecule has 2 N–H and O–H groups in total. The molecule has 0 fully saturated rings. The van der Waals surface area contributed by atoms with Crippen molar-refractivity contribution in [2.75, 3.05) is 11.9 Å². The molecular formula is C21H21NO3. The number of ether oxygens (including phenoxy) is 1. The van der Waals surface area contributed by atoms with Gasteiger partial charge in [0.15, 0.2) is 0 Å². The standard InChI is InChI=1S/C21H21NO3/c1-3-25-20-11-9-15-6-4-5-7-17(15)18(20)13-22-19-10-8-16(21(23)24)12-14(19)2/h4-12,22H,3,13H2,1-2H3,(H,23,24). The topological polar surface area (TPSA) is 58.6 Å². The first kappa shape index (κ1) is 16.8. The van der Waals surface area contributed by atoms with Crippen LogP contribution in [0.5, 0.6) is 5.75 Å². The van der Waals surface area contributed by atoms with Crippen LogP contribution in [-0.4, -0.2) is 17.7 Å². The van der Waals surface area contributed by atoms with Gasteiger partial charge in [0, 0.05) is 17.8 Å². The minimum Gasteiger partial charge on any atom is -0.494 e. The largest absolute Gasteiger partial charge is 0.494 e. The van der Waals surface area contributed by atoms with Gasteiger partial charge in [-0.3, -0.25) is 0 Å². The highest BCUT2D eigenvalue weighted by atomic mass is 16.5. The molecule has 128 valence electrons. The SMILES string of the molecule is CCOc1ccc2ccccc2c1CNc1ccc(C(=O)O)cc1C. The summed E-state index contributed by atoms with van der Waals surface area (Å²) in [6.45, 7) is 5.09. The van der Waals surface area contributed by atoms with Gasteiger partial charge in [0.25, 0.3) is 0 Å². The molecule has 25 heavy (non-hydrogen) atoms. The van der Waals surface area contributed by atoms with Crippen LogP contribution in [0.15, 0.2) is 54.6 Å². The van der Waals surface area contributed by atoms with Crippen molar-refractivity contribution in [2.45, 2.75) is 20.4 Å². The fraction of sp³-hybridized carbons (Fsp3) is 0.190. The molecule has 0 aliphatic heterocycles. The monoisotopic (exact) mass is 335 g/mol. The first-order valence-electron chi connectivity index (χ1n) is 8.31. The van der Waals surface area contributed by atoms with Gasteiger partial charge in [-0.1, -0.05) is 30.3 Å². The highest BCUT2D eigenvalue weighted by molar-refractivity contribution is 5.89. The summed E-state index contributed by atoms with van der Waals surface area (Å²) in [4.78, 5) is 11.1. The van der Waals surface area contributed by atoms with Crippen LogP contribution in [0.4, 0.5) is 5.69 Å². The van der Waals surface area contributed by atoms with Crippen molar-refractivity contribution < 1.29 is 14.6 Å². The number of fused-ring (bicyclic) bond motifs is 1. The van der Waals surface area contributed by atoms with E-state index in [1.54, 1.807) is 12.1 Å². The molecule has 0 spiro atoms. The summed E-state index contributed by atoms with van der Waals surface area (Å²) < 4.78 is 5.80. The molecule has 3 aromatic rings. The normalized spacial score (nSPS) is 10.6. The quantitative estimate of drug-likeness (QED) is 0.675. The van der Waals surface area contributed by atoms with E-state index in [-0.39, 0.29) is 0 Å². The smallest absolute Gasteiger partial charge is 0.335 e. The fourth-order valence-electron chi connectivity index (χ4n) is 2.97. The summed E-state index contributed by atoms with van der Waals surface area (Å²) in [5.41, 5.74) is 3.21. The molecule has 0 saturated carbocycles. The Hall–Kier alpha value is -3.01. The number of benzene rings is 3. The third-order valence-electron chi connectivity index (χ3n) is 4.23. The van der Waals surface area contributed by atoms with Gasteiger partial charge in [-0.15, -0.1) is 0 Å². The van der Waals surface area contributed by atoms with Gasteiger partial charge in [0.2, 0.25) is 0 Å². The molecule has 0 bridgehead atoms. The lowest BCUT2D eigenvalue weighted by atomic mass is 10.0. The predicted molar refractivity (Wildman–Crippen MR) is 101 cm³/mol. The van der Waals surface area contributed by atoms with Crippen molar-refractivity contribution in [3.63, 3.8) is 0 Å². The van der Waals surface area contributed by atoms with Crippen LogP contribution in [0.3, 0.4) is 0 Å². The number of rotatable bonds is 6. The van der Waals surface area contributed by atoms with E-state index in [0.717, 1.165) is 28.0 Å². The zero-order chi connectivity index (χ0) is 17.8.